The largest absolute Gasteiger partial charge is 0.357 e. The Morgan fingerprint density at radius 3 is 2.69 bits per heavy atom. The first-order valence-corrected chi connectivity index (χ1v) is 5.40. The Morgan fingerprint density at radius 2 is 2.31 bits per heavy atom. The van der Waals surface area contributed by atoms with Crippen LogP contribution in [0.5, 0.6) is 0 Å². The average Bonchev–Trinajstić information content (AvgIpc) is 2.46. The van der Waals surface area contributed by atoms with E-state index in [1.165, 1.54) is 0 Å². The van der Waals surface area contributed by atoms with Crippen molar-refractivity contribution in [2.75, 3.05) is 11.9 Å². The summed E-state index contributed by atoms with van der Waals surface area (Å²) in [4.78, 5) is 4.33. The predicted octanol–water partition coefficient (Wildman–Crippen LogP) is 1.85. The zero-order valence-corrected chi connectivity index (χ0v) is 9.19. The van der Waals surface area contributed by atoms with Gasteiger partial charge in [0.25, 0.3) is 0 Å². The molecule has 0 aliphatic carbocycles. The van der Waals surface area contributed by atoms with Crippen LogP contribution in [0.2, 0.25) is 0 Å². The predicted molar refractivity (Wildman–Crippen MR) is 58.2 cm³/mol. The number of anilines is 1. The molecule has 74 valence electrons. The van der Waals surface area contributed by atoms with E-state index in [9.17, 15) is 0 Å². The van der Waals surface area contributed by atoms with E-state index in [0.29, 0.717) is 18.5 Å². The molecule has 4 heteroatoms. The zero-order chi connectivity index (χ0) is 9.84. The Morgan fingerprint density at radius 1 is 1.62 bits per heavy atom. The summed E-state index contributed by atoms with van der Waals surface area (Å²) >= 11 is 1.63. The van der Waals surface area contributed by atoms with Crippen LogP contribution in [0.1, 0.15) is 19.5 Å². The Balaban J connectivity index is 2.56. The molecule has 1 rings (SSSR count). The SMILES string of the molecule is Cc1csc(NC(CN)C(C)C)n1. The minimum Gasteiger partial charge on any atom is -0.357 e. The van der Waals surface area contributed by atoms with Gasteiger partial charge in [-0.15, -0.1) is 11.3 Å². The van der Waals surface area contributed by atoms with E-state index in [4.69, 9.17) is 5.73 Å². The van der Waals surface area contributed by atoms with Crippen molar-refractivity contribution in [3.05, 3.63) is 11.1 Å². The third kappa shape index (κ3) is 2.97. The van der Waals surface area contributed by atoms with E-state index in [1.54, 1.807) is 11.3 Å². The fourth-order valence-corrected chi connectivity index (χ4v) is 1.83. The molecule has 0 saturated carbocycles. The highest BCUT2D eigenvalue weighted by atomic mass is 32.1. The maximum Gasteiger partial charge on any atom is 0.183 e. The molecule has 3 N–H and O–H groups in total. The smallest absolute Gasteiger partial charge is 0.183 e. The van der Waals surface area contributed by atoms with Gasteiger partial charge in [-0.2, -0.15) is 0 Å². The van der Waals surface area contributed by atoms with Gasteiger partial charge < -0.3 is 11.1 Å². The molecule has 1 unspecified atom stereocenters. The number of aromatic nitrogens is 1. The molecule has 1 aromatic heterocycles. The van der Waals surface area contributed by atoms with Crippen LogP contribution in [-0.4, -0.2) is 17.6 Å². The maximum atomic E-state index is 5.64. The van der Waals surface area contributed by atoms with Crippen molar-refractivity contribution in [1.29, 1.82) is 0 Å². The Hall–Kier alpha value is -0.610. The lowest BCUT2D eigenvalue weighted by atomic mass is 10.1. The summed E-state index contributed by atoms with van der Waals surface area (Å²) in [7, 11) is 0. The van der Waals surface area contributed by atoms with Crippen LogP contribution < -0.4 is 11.1 Å². The van der Waals surface area contributed by atoms with Gasteiger partial charge in [-0.1, -0.05) is 13.8 Å². The highest BCUT2D eigenvalue weighted by Gasteiger charge is 2.11. The quantitative estimate of drug-likeness (QED) is 0.778. The van der Waals surface area contributed by atoms with Crippen molar-refractivity contribution in [3.63, 3.8) is 0 Å². The minimum atomic E-state index is 0.325. The molecule has 0 bridgehead atoms. The molecule has 1 heterocycles. The van der Waals surface area contributed by atoms with Crippen LogP contribution in [0.3, 0.4) is 0 Å². The van der Waals surface area contributed by atoms with Crippen molar-refractivity contribution in [2.24, 2.45) is 11.7 Å². The van der Waals surface area contributed by atoms with Crippen LogP contribution in [0, 0.1) is 12.8 Å². The summed E-state index contributed by atoms with van der Waals surface area (Å²) < 4.78 is 0. The summed E-state index contributed by atoms with van der Waals surface area (Å²) in [5.74, 6) is 0.536. The van der Waals surface area contributed by atoms with E-state index in [2.05, 4.69) is 24.1 Å². The summed E-state index contributed by atoms with van der Waals surface area (Å²) in [6, 6.07) is 0.325. The van der Waals surface area contributed by atoms with Gasteiger partial charge in [-0.3, -0.25) is 0 Å². The second-order valence-corrected chi connectivity index (χ2v) is 4.38. The third-order valence-corrected chi connectivity index (χ3v) is 2.88. The Bertz CT molecular complexity index is 257. The molecular weight excluding hydrogens is 182 g/mol. The molecule has 1 atom stereocenters. The van der Waals surface area contributed by atoms with Gasteiger partial charge >= 0.3 is 0 Å². The van der Waals surface area contributed by atoms with Gasteiger partial charge in [0.1, 0.15) is 0 Å². The van der Waals surface area contributed by atoms with E-state index in [1.807, 2.05) is 12.3 Å². The Kier molecular flexibility index (Phi) is 3.69. The summed E-state index contributed by atoms with van der Waals surface area (Å²) in [5, 5.41) is 6.34. The first-order chi connectivity index (χ1) is 6.13. The summed E-state index contributed by atoms with van der Waals surface area (Å²) in [5.41, 5.74) is 6.70. The molecule has 1 aromatic rings. The molecule has 0 radical (unpaired) electrons. The van der Waals surface area contributed by atoms with Crippen LogP contribution in [0.15, 0.2) is 5.38 Å². The number of nitrogens with zero attached hydrogens (tertiary/aromatic N) is 1. The van der Waals surface area contributed by atoms with Gasteiger partial charge in [0.15, 0.2) is 5.13 Å². The number of nitrogens with two attached hydrogens (primary N) is 1. The lowest BCUT2D eigenvalue weighted by Crippen LogP contribution is -2.33. The van der Waals surface area contributed by atoms with Crippen LogP contribution in [-0.2, 0) is 0 Å². The molecule has 0 fully saturated rings. The van der Waals surface area contributed by atoms with Crippen molar-refractivity contribution < 1.29 is 0 Å². The molecule has 0 aliphatic rings. The maximum absolute atomic E-state index is 5.64. The lowest BCUT2D eigenvalue weighted by Gasteiger charge is -2.19. The van der Waals surface area contributed by atoms with E-state index in [-0.39, 0.29) is 0 Å². The molecule has 3 nitrogen and oxygen atoms in total. The minimum absolute atomic E-state index is 0.325. The van der Waals surface area contributed by atoms with Gasteiger partial charge in [-0.25, -0.2) is 4.98 Å². The van der Waals surface area contributed by atoms with Crippen LogP contribution in [0.25, 0.3) is 0 Å². The van der Waals surface area contributed by atoms with Gasteiger partial charge in [-0.05, 0) is 12.8 Å². The molecule has 0 spiro atoms. The molecule has 0 aromatic carbocycles. The average molecular weight is 199 g/mol. The van der Waals surface area contributed by atoms with Crippen molar-refractivity contribution in [2.45, 2.75) is 26.8 Å². The molecule has 0 amide bonds. The summed E-state index contributed by atoms with van der Waals surface area (Å²) in [6.07, 6.45) is 0. The monoisotopic (exact) mass is 199 g/mol. The third-order valence-electron chi connectivity index (χ3n) is 1.99. The molecule has 0 saturated heterocycles. The number of hydrogen-bond donors (Lipinski definition) is 2. The molecular formula is C9H17N3S. The van der Waals surface area contributed by atoms with E-state index >= 15 is 0 Å². The highest BCUT2D eigenvalue weighted by Crippen LogP contribution is 2.17. The standard InChI is InChI=1S/C9H17N3S/c1-6(2)8(4-10)12-9-11-7(3)5-13-9/h5-6,8H,4,10H2,1-3H3,(H,11,12). The van der Waals surface area contributed by atoms with Crippen molar-refractivity contribution in [3.8, 4) is 0 Å². The number of aryl methyl sites for hydroxylation is 1. The van der Waals surface area contributed by atoms with Gasteiger partial charge in [0.05, 0.1) is 5.69 Å². The highest BCUT2D eigenvalue weighted by molar-refractivity contribution is 7.13. The second-order valence-electron chi connectivity index (χ2n) is 3.52. The lowest BCUT2D eigenvalue weighted by molar-refractivity contribution is 0.531. The number of nitrogens with one attached hydrogen (secondary N) is 1. The van der Waals surface area contributed by atoms with Crippen LogP contribution >= 0.6 is 11.3 Å². The summed E-state index contributed by atoms with van der Waals surface area (Å²) in [6.45, 7) is 6.96. The zero-order valence-electron chi connectivity index (χ0n) is 8.37. The van der Waals surface area contributed by atoms with Crippen molar-refractivity contribution in [1.82, 2.24) is 4.98 Å². The van der Waals surface area contributed by atoms with Gasteiger partial charge in [0.2, 0.25) is 0 Å². The topological polar surface area (TPSA) is 50.9 Å². The number of rotatable bonds is 4. The Labute approximate surface area is 83.4 Å². The first kappa shape index (κ1) is 10.5. The first-order valence-electron chi connectivity index (χ1n) is 4.52. The van der Waals surface area contributed by atoms with E-state index in [0.717, 1.165) is 10.8 Å². The van der Waals surface area contributed by atoms with E-state index < -0.39 is 0 Å². The second kappa shape index (κ2) is 4.58. The number of hydrogen-bond acceptors (Lipinski definition) is 4. The fraction of sp³-hybridized carbons (Fsp3) is 0.667. The number of thiazole rings is 1. The van der Waals surface area contributed by atoms with Crippen LogP contribution in [0.4, 0.5) is 5.13 Å². The molecule has 0 aliphatic heterocycles. The fourth-order valence-electron chi connectivity index (χ4n) is 1.08. The molecule has 13 heavy (non-hydrogen) atoms. The van der Waals surface area contributed by atoms with Crippen molar-refractivity contribution >= 4 is 16.5 Å². The normalized spacial score (nSPS) is 13.3. The van der Waals surface area contributed by atoms with Gasteiger partial charge in [0, 0.05) is 18.0 Å².